The molecule has 0 atom stereocenters. The zero-order chi connectivity index (χ0) is 13.9. The average Bonchev–Trinajstić information content (AvgIpc) is 2.38. The smallest absolute Gasteiger partial charge is 0.211 e. The van der Waals surface area contributed by atoms with E-state index in [1.54, 1.807) is 0 Å². The molecule has 1 aromatic carbocycles. The molecule has 0 aliphatic heterocycles. The van der Waals surface area contributed by atoms with Crippen LogP contribution in [0.25, 0.3) is 0 Å². The van der Waals surface area contributed by atoms with Gasteiger partial charge in [0.25, 0.3) is 0 Å². The van der Waals surface area contributed by atoms with Crippen molar-refractivity contribution < 1.29 is 12.8 Å². The molecule has 1 N–H and O–H groups in total. The van der Waals surface area contributed by atoms with Crippen molar-refractivity contribution in [2.45, 2.75) is 43.9 Å². The van der Waals surface area contributed by atoms with E-state index in [-0.39, 0.29) is 10.3 Å². The predicted molar refractivity (Wildman–Crippen MR) is 72.8 cm³/mol. The van der Waals surface area contributed by atoms with Crippen LogP contribution in [-0.2, 0) is 10.0 Å². The number of sulfonamides is 1. The number of nitrogens with one attached hydrogen (secondary N) is 1. The summed E-state index contributed by atoms with van der Waals surface area (Å²) in [5, 5.41) is 0. The molecule has 106 valence electrons. The Morgan fingerprint density at radius 2 is 1.74 bits per heavy atom. The van der Waals surface area contributed by atoms with E-state index in [2.05, 4.69) is 11.6 Å². The summed E-state index contributed by atoms with van der Waals surface area (Å²) in [5.74, 6) is -0.432. The van der Waals surface area contributed by atoms with Gasteiger partial charge in [-0.3, -0.25) is 0 Å². The van der Waals surface area contributed by atoms with Gasteiger partial charge in [-0.2, -0.15) is 0 Å². The molecule has 5 heteroatoms. The number of benzene rings is 1. The lowest BCUT2D eigenvalue weighted by atomic mass is 9.76. The monoisotopic (exact) mass is 285 g/mol. The summed E-state index contributed by atoms with van der Waals surface area (Å²) in [6.45, 7) is 2.58. The van der Waals surface area contributed by atoms with Crippen LogP contribution in [0.2, 0.25) is 0 Å². The number of hydrogen-bond acceptors (Lipinski definition) is 2. The van der Waals surface area contributed by atoms with E-state index in [1.807, 2.05) is 0 Å². The van der Waals surface area contributed by atoms with E-state index in [4.69, 9.17) is 0 Å². The largest absolute Gasteiger partial charge is 0.240 e. The Hall–Kier alpha value is -0.940. The van der Waals surface area contributed by atoms with Crippen LogP contribution in [0.1, 0.15) is 39.0 Å². The topological polar surface area (TPSA) is 46.2 Å². The van der Waals surface area contributed by atoms with Crippen LogP contribution in [0.4, 0.5) is 4.39 Å². The van der Waals surface area contributed by atoms with Crippen molar-refractivity contribution in [3.63, 3.8) is 0 Å². The second-order valence-corrected chi connectivity index (χ2v) is 7.42. The molecule has 1 aromatic rings. The van der Waals surface area contributed by atoms with Crippen molar-refractivity contribution >= 4 is 10.0 Å². The second-order valence-electron chi connectivity index (χ2n) is 5.65. The number of hydrogen-bond donors (Lipinski definition) is 1. The summed E-state index contributed by atoms with van der Waals surface area (Å²) in [6.07, 6.45) is 5.67. The summed E-state index contributed by atoms with van der Waals surface area (Å²) in [6, 6.07) is 4.91. The molecule has 0 saturated heterocycles. The van der Waals surface area contributed by atoms with Gasteiger partial charge < -0.3 is 0 Å². The van der Waals surface area contributed by atoms with E-state index in [0.29, 0.717) is 6.54 Å². The summed E-state index contributed by atoms with van der Waals surface area (Å²) < 4.78 is 39.6. The number of halogens is 1. The Balaban J connectivity index is 2.03. The highest BCUT2D eigenvalue weighted by molar-refractivity contribution is 7.89. The third-order valence-corrected chi connectivity index (χ3v) is 5.29. The van der Waals surface area contributed by atoms with E-state index < -0.39 is 15.8 Å². The van der Waals surface area contributed by atoms with Gasteiger partial charge in [0, 0.05) is 6.54 Å². The van der Waals surface area contributed by atoms with Crippen molar-refractivity contribution in [1.29, 1.82) is 0 Å². The third kappa shape index (κ3) is 3.76. The molecule has 3 nitrogen and oxygen atoms in total. The summed E-state index contributed by atoms with van der Waals surface area (Å²) in [4.78, 5) is 0.119. The summed E-state index contributed by atoms with van der Waals surface area (Å²) >= 11 is 0. The first kappa shape index (κ1) is 14.5. The van der Waals surface area contributed by atoms with Crippen molar-refractivity contribution in [3.05, 3.63) is 30.1 Å². The molecule has 0 aromatic heterocycles. The molecule has 0 unspecified atom stereocenters. The van der Waals surface area contributed by atoms with E-state index in [1.165, 1.54) is 18.6 Å². The van der Waals surface area contributed by atoms with Gasteiger partial charge in [-0.25, -0.2) is 17.5 Å². The van der Waals surface area contributed by atoms with Crippen LogP contribution >= 0.6 is 0 Å². The first-order chi connectivity index (χ1) is 8.91. The zero-order valence-electron chi connectivity index (χ0n) is 11.2. The van der Waals surface area contributed by atoms with Gasteiger partial charge in [0.1, 0.15) is 5.82 Å². The first-order valence-corrected chi connectivity index (χ1v) is 8.15. The van der Waals surface area contributed by atoms with Crippen LogP contribution in [0.5, 0.6) is 0 Å². The summed E-state index contributed by atoms with van der Waals surface area (Å²) in [7, 11) is -3.53. The lowest BCUT2D eigenvalue weighted by Gasteiger charge is -2.33. The SMILES string of the molecule is CC1(CNS(=O)(=O)c2ccc(F)cc2)CCCCC1. The third-order valence-electron chi connectivity index (χ3n) is 3.87. The predicted octanol–water partition coefficient (Wildman–Crippen LogP) is 3.07. The highest BCUT2D eigenvalue weighted by Crippen LogP contribution is 2.35. The zero-order valence-corrected chi connectivity index (χ0v) is 12.0. The Morgan fingerprint density at radius 1 is 1.16 bits per heavy atom. The molecule has 0 heterocycles. The minimum Gasteiger partial charge on any atom is -0.211 e. The molecule has 19 heavy (non-hydrogen) atoms. The standard InChI is InChI=1S/C14H20FNO2S/c1-14(9-3-2-4-10-14)11-16-19(17,18)13-7-5-12(15)6-8-13/h5-8,16H,2-4,9-11H2,1H3. The highest BCUT2D eigenvalue weighted by Gasteiger charge is 2.28. The van der Waals surface area contributed by atoms with Crippen LogP contribution in [-0.4, -0.2) is 15.0 Å². The average molecular weight is 285 g/mol. The Bertz CT molecular complexity index is 519. The molecule has 1 aliphatic carbocycles. The summed E-state index contributed by atoms with van der Waals surface area (Å²) in [5.41, 5.74) is 0.0470. The maximum atomic E-state index is 12.8. The minimum absolute atomic E-state index is 0.0470. The maximum absolute atomic E-state index is 12.8. The Labute approximate surface area is 114 Å². The van der Waals surface area contributed by atoms with Crippen molar-refractivity contribution in [2.75, 3.05) is 6.54 Å². The fourth-order valence-corrected chi connectivity index (χ4v) is 3.75. The molecule has 1 fully saturated rings. The highest BCUT2D eigenvalue weighted by atomic mass is 32.2. The van der Waals surface area contributed by atoms with Gasteiger partial charge in [0.15, 0.2) is 0 Å². The quantitative estimate of drug-likeness (QED) is 0.924. The van der Waals surface area contributed by atoms with Gasteiger partial charge in [-0.15, -0.1) is 0 Å². The number of rotatable bonds is 4. The van der Waals surface area contributed by atoms with Gasteiger partial charge in [0.05, 0.1) is 4.90 Å². The van der Waals surface area contributed by atoms with Crippen molar-refractivity contribution in [2.24, 2.45) is 5.41 Å². The Morgan fingerprint density at radius 3 is 2.32 bits per heavy atom. The lowest BCUT2D eigenvalue weighted by molar-refractivity contribution is 0.219. The molecule has 1 saturated carbocycles. The van der Waals surface area contributed by atoms with E-state index in [9.17, 15) is 12.8 Å². The van der Waals surface area contributed by atoms with Crippen LogP contribution in [0.15, 0.2) is 29.2 Å². The molecule has 1 aliphatic rings. The molecular weight excluding hydrogens is 265 g/mol. The van der Waals surface area contributed by atoms with Gasteiger partial charge in [-0.05, 0) is 42.5 Å². The maximum Gasteiger partial charge on any atom is 0.240 e. The molecule has 0 bridgehead atoms. The molecule has 0 amide bonds. The second kappa shape index (κ2) is 5.59. The van der Waals surface area contributed by atoms with Crippen LogP contribution in [0, 0.1) is 11.2 Å². The van der Waals surface area contributed by atoms with Crippen LogP contribution in [0.3, 0.4) is 0 Å². The Kier molecular flexibility index (Phi) is 4.26. The molecule has 0 spiro atoms. The van der Waals surface area contributed by atoms with Gasteiger partial charge >= 0.3 is 0 Å². The van der Waals surface area contributed by atoms with Crippen molar-refractivity contribution in [1.82, 2.24) is 4.72 Å². The van der Waals surface area contributed by atoms with Gasteiger partial charge in [0.2, 0.25) is 10.0 Å². The minimum atomic E-state index is -3.53. The molecule has 2 rings (SSSR count). The van der Waals surface area contributed by atoms with Crippen LogP contribution < -0.4 is 4.72 Å². The fraction of sp³-hybridized carbons (Fsp3) is 0.571. The first-order valence-electron chi connectivity index (χ1n) is 6.67. The lowest BCUT2D eigenvalue weighted by Crippen LogP contribution is -2.37. The van der Waals surface area contributed by atoms with E-state index in [0.717, 1.165) is 37.8 Å². The normalized spacial score (nSPS) is 19.3. The molecular formula is C14H20FNO2S. The van der Waals surface area contributed by atoms with Gasteiger partial charge in [-0.1, -0.05) is 26.2 Å². The fourth-order valence-electron chi connectivity index (χ4n) is 2.55. The van der Waals surface area contributed by atoms with Crippen molar-refractivity contribution in [3.8, 4) is 0 Å². The molecule has 0 radical (unpaired) electrons. The van der Waals surface area contributed by atoms with E-state index >= 15 is 0 Å².